The maximum Gasteiger partial charge on any atom is 0.407 e. The molecular formula is C32H37ClN3O5. The van der Waals surface area contributed by atoms with E-state index in [0.717, 1.165) is 11.1 Å². The number of benzene rings is 3. The summed E-state index contributed by atoms with van der Waals surface area (Å²) in [5.41, 5.74) is 2.38. The third-order valence-electron chi connectivity index (χ3n) is 6.44. The Labute approximate surface area is 246 Å². The van der Waals surface area contributed by atoms with Crippen molar-refractivity contribution in [1.82, 2.24) is 15.5 Å². The molecular weight excluding hydrogens is 542 g/mol. The largest absolute Gasteiger partial charge is 0.445 e. The number of alkyl carbamates (subject to hydrolysis) is 1. The summed E-state index contributed by atoms with van der Waals surface area (Å²) in [6, 6.07) is 23.6. The quantitative estimate of drug-likeness (QED) is 0.241. The summed E-state index contributed by atoms with van der Waals surface area (Å²) in [6.07, 6.45) is 0.725. The predicted octanol–water partition coefficient (Wildman–Crippen LogP) is 5.27. The van der Waals surface area contributed by atoms with Crippen molar-refractivity contribution >= 4 is 30.0 Å². The molecule has 3 atom stereocenters. The van der Waals surface area contributed by atoms with Crippen molar-refractivity contribution in [3.05, 3.63) is 107 Å². The number of aliphatic hydroxyl groups is 1. The van der Waals surface area contributed by atoms with Gasteiger partial charge < -0.3 is 25.4 Å². The molecule has 41 heavy (non-hydrogen) atoms. The molecule has 3 rings (SSSR count). The zero-order chi connectivity index (χ0) is 29.6. The minimum atomic E-state index is -1.18. The van der Waals surface area contributed by atoms with E-state index in [9.17, 15) is 19.5 Å². The van der Waals surface area contributed by atoms with Crippen LogP contribution in [0.1, 0.15) is 37.0 Å². The van der Waals surface area contributed by atoms with E-state index >= 15 is 0 Å². The Morgan fingerprint density at radius 3 is 2.15 bits per heavy atom. The molecule has 3 aromatic rings. The molecule has 8 nitrogen and oxygen atoms in total. The fraction of sp³-hybridized carbons (Fsp3) is 0.344. The fourth-order valence-electron chi connectivity index (χ4n) is 4.32. The molecule has 3 N–H and O–H groups in total. The van der Waals surface area contributed by atoms with Gasteiger partial charge in [0.15, 0.2) is 0 Å². The van der Waals surface area contributed by atoms with Crippen LogP contribution < -0.4 is 10.6 Å². The molecule has 2 unspecified atom stereocenters. The first-order valence-corrected chi connectivity index (χ1v) is 14.0. The Hall–Kier alpha value is -3.88. The summed E-state index contributed by atoms with van der Waals surface area (Å²) in [6.45, 7) is 3.88. The van der Waals surface area contributed by atoms with Crippen LogP contribution in [0.4, 0.5) is 9.59 Å². The lowest BCUT2D eigenvalue weighted by Gasteiger charge is -2.31. The summed E-state index contributed by atoms with van der Waals surface area (Å²) in [5.74, 6) is 0.158. The number of rotatable bonds is 14. The summed E-state index contributed by atoms with van der Waals surface area (Å²) >= 11 is 6.38. The molecule has 0 aromatic heterocycles. The lowest BCUT2D eigenvalue weighted by Crippen LogP contribution is -2.53. The van der Waals surface area contributed by atoms with Crippen LogP contribution in [-0.2, 0) is 29.1 Å². The number of carbonyl (C=O) groups excluding carboxylic acids is 3. The topological polar surface area (TPSA) is 108 Å². The SMILES string of the molecule is CC(C)C[C@@H]([C]=O)NC(=O)N(Cc1ccccc1Cl)CC(O)C(Cc1ccccc1)NC(=O)OCc1ccccc1. The number of halogens is 1. The third-order valence-corrected chi connectivity index (χ3v) is 6.81. The normalized spacial score (nSPS) is 13.1. The molecule has 0 saturated carbocycles. The maximum absolute atomic E-state index is 13.4. The highest BCUT2D eigenvalue weighted by atomic mass is 35.5. The van der Waals surface area contributed by atoms with Crippen LogP contribution in [0.3, 0.4) is 0 Å². The minimum Gasteiger partial charge on any atom is -0.445 e. The van der Waals surface area contributed by atoms with Crippen LogP contribution in [0.25, 0.3) is 0 Å². The third kappa shape index (κ3) is 10.9. The van der Waals surface area contributed by atoms with Crippen molar-refractivity contribution in [2.24, 2.45) is 5.92 Å². The first kappa shape index (κ1) is 31.6. The predicted molar refractivity (Wildman–Crippen MR) is 159 cm³/mol. The fourth-order valence-corrected chi connectivity index (χ4v) is 4.52. The Bertz CT molecular complexity index is 1240. The van der Waals surface area contributed by atoms with E-state index < -0.39 is 30.3 Å². The van der Waals surface area contributed by atoms with Crippen molar-refractivity contribution in [3.8, 4) is 0 Å². The monoisotopic (exact) mass is 578 g/mol. The van der Waals surface area contributed by atoms with Crippen LogP contribution in [-0.4, -0.2) is 53.1 Å². The molecule has 0 heterocycles. The van der Waals surface area contributed by atoms with E-state index in [2.05, 4.69) is 10.6 Å². The van der Waals surface area contributed by atoms with Crippen molar-refractivity contribution in [3.63, 3.8) is 0 Å². The van der Waals surface area contributed by atoms with Gasteiger partial charge in [-0.2, -0.15) is 0 Å². The van der Waals surface area contributed by atoms with Crippen LogP contribution in [0.15, 0.2) is 84.9 Å². The van der Waals surface area contributed by atoms with Crippen molar-refractivity contribution < 1.29 is 24.2 Å². The average molecular weight is 579 g/mol. The number of nitrogens with one attached hydrogen (secondary N) is 2. The van der Waals surface area contributed by atoms with Gasteiger partial charge in [-0.05, 0) is 41.5 Å². The molecule has 9 heteroatoms. The highest BCUT2D eigenvalue weighted by Gasteiger charge is 2.28. The van der Waals surface area contributed by atoms with Crippen LogP contribution in [0, 0.1) is 5.92 Å². The van der Waals surface area contributed by atoms with Crippen LogP contribution >= 0.6 is 11.6 Å². The standard InChI is InChI=1S/C32H37ClN3O5/c1-23(2)17-27(21-37)34-31(39)36(19-26-15-9-10-16-28(26)33)20-30(38)29(18-24-11-5-3-6-12-24)35-32(40)41-22-25-13-7-4-8-14-25/h3-16,23,27,29-30,38H,17-20,22H2,1-2H3,(H,34,39)(H,35,40)/t27-,29?,30?/m0/s1. The smallest absolute Gasteiger partial charge is 0.407 e. The van der Waals surface area contributed by atoms with Gasteiger partial charge in [0.05, 0.1) is 24.7 Å². The summed E-state index contributed by atoms with van der Waals surface area (Å²) in [5, 5.41) is 17.4. The highest BCUT2D eigenvalue weighted by Crippen LogP contribution is 2.19. The number of aliphatic hydroxyl groups excluding tert-OH is 1. The zero-order valence-electron chi connectivity index (χ0n) is 23.3. The zero-order valence-corrected chi connectivity index (χ0v) is 24.1. The Morgan fingerprint density at radius 2 is 1.54 bits per heavy atom. The van der Waals surface area contributed by atoms with E-state index in [1.54, 1.807) is 24.3 Å². The van der Waals surface area contributed by atoms with Gasteiger partial charge in [-0.25, -0.2) is 9.59 Å². The van der Waals surface area contributed by atoms with E-state index in [0.29, 0.717) is 23.4 Å². The first-order valence-electron chi connectivity index (χ1n) is 13.6. The number of nitrogens with zero attached hydrogens (tertiary/aromatic N) is 1. The molecule has 3 amide bonds. The molecule has 217 valence electrons. The average Bonchev–Trinajstić information content (AvgIpc) is 2.96. The van der Waals surface area contributed by atoms with E-state index in [4.69, 9.17) is 16.3 Å². The van der Waals surface area contributed by atoms with Crippen LogP contribution in [0.2, 0.25) is 5.02 Å². The number of hydrogen-bond acceptors (Lipinski definition) is 5. The number of ether oxygens (including phenoxy) is 1. The molecule has 0 fully saturated rings. The second-order valence-electron chi connectivity index (χ2n) is 10.3. The molecule has 0 aliphatic rings. The van der Waals surface area contributed by atoms with E-state index in [1.807, 2.05) is 80.8 Å². The lowest BCUT2D eigenvalue weighted by molar-refractivity contribution is 0.0767. The van der Waals surface area contributed by atoms with Gasteiger partial charge >= 0.3 is 12.1 Å². The van der Waals surface area contributed by atoms with Gasteiger partial charge in [0.25, 0.3) is 0 Å². The Morgan fingerprint density at radius 1 is 0.927 bits per heavy atom. The van der Waals surface area contributed by atoms with Gasteiger partial charge in [0.2, 0.25) is 6.29 Å². The molecule has 0 aliphatic carbocycles. The lowest BCUT2D eigenvalue weighted by atomic mass is 10.0. The molecule has 0 aliphatic heterocycles. The number of urea groups is 1. The second-order valence-corrected chi connectivity index (χ2v) is 10.7. The van der Waals surface area contributed by atoms with Gasteiger partial charge in [0.1, 0.15) is 6.61 Å². The molecule has 1 radical (unpaired) electrons. The van der Waals surface area contributed by atoms with E-state index in [1.165, 1.54) is 4.90 Å². The minimum absolute atomic E-state index is 0.0707. The highest BCUT2D eigenvalue weighted by molar-refractivity contribution is 6.31. The van der Waals surface area contributed by atoms with Gasteiger partial charge in [-0.15, -0.1) is 0 Å². The van der Waals surface area contributed by atoms with Gasteiger partial charge in [-0.1, -0.05) is 104 Å². The Kier molecular flexibility index (Phi) is 12.7. The first-order chi connectivity index (χ1) is 19.7. The summed E-state index contributed by atoms with van der Waals surface area (Å²) < 4.78 is 5.40. The van der Waals surface area contributed by atoms with E-state index in [-0.39, 0.29) is 25.6 Å². The summed E-state index contributed by atoms with van der Waals surface area (Å²) in [7, 11) is 0. The molecule has 3 aromatic carbocycles. The molecule has 0 spiro atoms. The van der Waals surface area contributed by atoms with Crippen molar-refractivity contribution in [2.45, 2.75) is 58.0 Å². The maximum atomic E-state index is 13.4. The van der Waals surface area contributed by atoms with Gasteiger partial charge in [0, 0.05) is 11.6 Å². The number of hydrogen-bond donors (Lipinski definition) is 3. The Balaban J connectivity index is 1.79. The molecule has 0 saturated heterocycles. The molecule has 0 bridgehead atoms. The number of carbonyl (C=O) groups is 2. The second kappa shape index (κ2) is 16.4. The summed E-state index contributed by atoms with van der Waals surface area (Å²) in [4.78, 5) is 39.1. The van der Waals surface area contributed by atoms with Crippen LogP contribution in [0.5, 0.6) is 0 Å². The number of amides is 3. The van der Waals surface area contributed by atoms with Gasteiger partial charge in [-0.3, -0.25) is 4.79 Å². The van der Waals surface area contributed by atoms with Crippen molar-refractivity contribution in [2.75, 3.05) is 6.54 Å². The van der Waals surface area contributed by atoms with Crippen molar-refractivity contribution in [1.29, 1.82) is 0 Å².